The van der Waals surface area contributed by atoms with Crippen molar-refractivity contribution in [1.29, 1.82) is 0 Å². The third kappa shape index (κ3) is 3.06. The third-order valence-corrected chi connectivity index (χ3v) is 4.17. The zero-order valence-corrected chi connectivity index (χ0v) is 10.6. The van der Waals surface area contributed by atoms with Crippen LogP contribution in [0.2, 0.25) is 0 Å². The highest BCUT2D eigenvalue weighted by atomic mass is 32.1. The van der Waals surface area contributed by atoms with Gasteiger partial charge in [-0.05, 0) is 36.3 Å². The molecule has 1 aliphatic rings. The van der Waals surface area contributed by atoms with E-state index >= 15 is 0 Å². The van der Waals surface area contributed by atoms with Crippen LogP contribution in [-0.2, 0) is 11.3 Å². The fraction of sp³-hybridized carbons (Fsp3) is 0.583. The Morgan fingerprint density at radius 3 is 3.24 bits per heavy atom. The summed E-state index contributed by atoms with van der Waals surface area (Å²) in [5, 5.41) is 14.2. The lowest BCUT2D eigenvalue weighted by atomic mass is 10.0. The molecule has 2 heterocycles. The predicted octanol–water partition coefficient (Wildman–Crippen LogP) is 1.96. The van der Waals surface area contributed by atoms with Crippen LogP contribution < -0.4 is 5.32 Å². The molecule has 1 saturated heterocycles. The van der Waals surface area contributed by atoms with E-state index in [0.29, 0.717) is 23.4 Å². The van der Waals surface area contributed by atoms with Crippen molar-refractivity contribution < 1.29 is 14.6 Å². The topological polar surface area (TPSA) is 58.6 Å². The third-order valence-electron chi connectivity index (χ3n) is 3.23. The molecule has 5 heteroatoms. The van der Waals surface area contributed by atoms with Gasteiger partial charge in [0.2, 0.25) is 0 Å². The second-order valence-corrected chi connectivity index (χ2v) is 5.29. The Hall–Kier alpha value is -0.910. The van der Waals surface area contributed by atoms with Gasteiger partial charge in [0.15, 0.2) is 0 Å². The number of aromatic carboxylic acids is 1. The van der Waals surface area contributed by atoms with Crippen LogP contribution in [0.5, 0.6) is 0 Å². The van der Waals surface area contributed by atoms with E-state index in [4.69, 9.17) is 9.84 Å². The molecular formula is C12H17NO3S. The van der Waals surface area contributed by atoms with Gasteiger partial charge in [-0.25, -0.2) is 4.79 Å². The van der Waals surface area contributed by atoms with Crippen molar-refractivity contribution in [3.05, 3.63) is 21.9 Å². The van der Waals surface area contributed by atoms with Crippen LogP contribution in [0.1, 0.15) is 28.6 Å². The molecule has 4 nitrogen and oxygen atoms in total. The maximum atomic E-state index is 10.9. The molecule has 0 aliphatic carbocycles. The lowest BCUT2D eigenvalue weighted by molar-refractivity contribution is 0.0701. The maximum absolute atomic E-state index is 10.9. The number of rotatable bonds is 5. The molecule has 0 radical (unpaired) electrons. The monoisotopic (exact) mass is 255 g/mol. The van der Waals surface area contributed by atoms with Gasteiger partial charge in [0.05, 0.1) is 6.61 Å². The van der Waals surface area contributed by atoms with E-state index < -0.39 is 5.97 Å². The quantitative estimate of drug-likeness (QED) is 0.844. The molecule has 1 aromatic rings. The fourth-order valence-electron chi connectivity index (χ4n) is 2.05. The summed E-state index contributed by atoms with van der Waals surface area (Å²) in [7, 11) is 0. The van der Waals surface area contributed by atoms with E-state index in [0.717, 1.165) is 25.2 Å². The van der Waals surface area contributed by atoms with Crippen molar-refractivity contribution in [3.63, 3.8) is 0 Å². The molecule has 2 atom stereocenters. The largest absolute Gasteiger partial charge is 0.477 e. The minimum absolute atomic E-state index is 0.360. The van der Waals surface area contributed by atoms with Crippen molar-refractivity contribution >= 4 is 17.3 Å². The number of hydrogen-bond donors (Lipinski definition) is 2. The zero-order chi connectivity index (χ0) is 12.3. The molecule has 0 amide bonds. The Kier molecular flexibility index (Phi) is 4.15. The van der Waals surface area contributed by atoms with Gasteiger partial charge in [-0.2, -0.15) is 0 Å². The van der Waals surface area contributed by atoms with E-state index in [1.807, 2.05) is 11.4 Å². The average molecular weight is 255 g/mol. The Bertz CT molecular complexity index is 385. The van der Waals surface area contributed by atoms with Crippen LogP contribution in [0.15, 0.2) is 11.4 Å². The van der Waals surface area contributed by atoms with E-state index in [-0.39, 0.29) is 0 Å². The maximum Gasteiger partial charge on any atom is 0.346 e. The first kappa shape index (κ1) is 12.5. The average Bonchev–Trinajstić information content (AvgIpc) is 2.96. The highest BCUT2D eigenvalue weighted by molar-refractivity contribution is 7.12. The van der Waals surface area contributed by atoms with Gasteiger partial charge in [-0.1, -0.05) is 0 Å². The van der Waals surface area contributed by atoms with Gasteiger partial charge in [-0.15, -0.1) is 11.3 Å². The summed E-state index contributed by atoms with van der Waals surface area (Å²) in [6.45, 7) is 4.40. The molecule has 0 bridgehead atoms. The first-order valence-electron chi connectivity index (χ1n) is 5.79. The summed E-state index contributed by atoms with van der Waals surface area (Å²) in [4.78, 5) is 11.4. The molecule has 0 spiro atoms. The van der Waals surface area contributed by atoms with Crippen molar-refractivity contribution in [2.24, 2.45) is 5.92 Å². The molecule has 1 aromatic heterocycles. The summed E-state index contributed by atoms with van der Waals surface area (Å²) < 4.78 is 5.35. The SMILES string of the molecule is CC(NCc1ccsc1C(=O)O)C1CCOC1. The lowest BCUT2D eigenvalue weighted by Gasteiger charge is -2.19. The molecule has 0 saturated carbocycles. The van der Waals surface area contributed by atoms with Gasteiger partial charge in [-0.3, -0.25) is 0 Å². The molecule has 2 unspecified atom stereocenters. The second-order valence-electron chi connectivity index (χ2n) is 4.37. The molecule has 0 aromatic carbocycles. The number of carbonyl (C=O) groups is 1. The molecule has 1 aliphatic heterocycles. The van der Waals surface area contributed by atoms with Crippen LogP contribution in [0, 0.1) is 5.92 Å². The van der Waals surface area contributed by atoms with Crippen molar-refractivity contribution in [2.45, 2.75) is 25.9 Å². The number of nitrogens with one attached hydrogen (secondary N) is 1. The Balaban J connectivity index is 1.88. The normalized spacial score (nSPS) is 21.6. The first-order chi connectivity index (χ1) is 8.18. The van der Waals surface area contributed by atoms with Gasteiger partial charge in [0, 0.05) is 19.2 Å². The van der Waals surface area contributed by atoms with Gasteiger partial charge in [0.25, 0.3) is 0 Å². The Morgan fingerprint density at radius 2 is 2.59 bits per heavy atom. The van der Waals surface area contributed by atoms with Gasteiger partial charge in [0.1, 0.15) is 4.88 Å². The minimum atomic E-state index is -0.839. The van der Waals surface area contributed by atoms with Gasteiger partial charge < -0.3 is 15.2 Å². The number of hydrogen-bond acceptors (Lipinski definition) is 4. The summed E-state index contributed by atoms with van der Waals surface area (Å²) in [6, 6.07) is 2.23. The lowest BCUT2D eigenvalue weighted by Crippen LogP contribution is -2.33. The second kappa shape index (κ2) is 5.62. The van der Waals surface area contributed by atoms with Crippen LogP contribution >= 0.6 is 11.3 Å². The predicted molar refractivity (Wildman–Crippen MR) is 66.5 cm³/mol. The fourth-order valence-corrected chi connectivity index (χ4v) is 2.81. The standard InChI is InChI=1S/C12H17NO3S/c1-8(10-2-4-16-7-10)13-6-9-3-5-17-11(9)12(14)15/h3,5,8,10,13H,2,4,6-7H2,1H3,(H,14,15). The summed E-state index contributed by atoms with van der Waals surface area (Å²) >= 11 is 1.28. The summed E-state index contributed by atoms with van der Waals surface area (Å²) in [6.07, 6.45) is 1.09. The molecule has 94 valence electrons. The van der Waals surface area contributed by atoms with Crippen LogP contribution in [0.25, 0.3) is 0 Å². The van der Waals surface area contributed by atoms with E-state index in [2.05, 4.69) is 12.2 Å². The van der Waals surface area contributed by atoms with E-state index in [1.54, 1.807) is 0 Å². The Morgan fingerprint density at radius 1 is 1.76 bits per heavy atom. The first-order valence-corrected chi connectivity index (χ1v) is 6.67. The number of ether oxygens (including phenoxy) is 1. The van der Waals surface area contributed by atoms with Crippen molar-refractivity contribution in [3.8, 4) is 0 Å². The van der Waals surface area contributed by atoms with Crippen LogP contribution in [0.4, 0.5) is 0 Å². The molecule has 2 N–H and O–H groups in total. The van der Waals surface area contributed by atoms with Crippen molar-refractivity contribution in [1.82, 2.24) is 5.32 Å². The van der Waals surface area contributed by atoms with E-state index in [1.165, 1.54) is 11.3 Å². The van der Waals surface area contributed by atoms with Gasteiger partial charge >= 0.3 is 5.97 Å². The highest BCUT2D eigenvalue weighted by Crippen LogP contribution is 2.19. The molecule has 2 rings (SSSR count). The minimum Gasteiger partial charge on any atom is -0.477 e. The number of thiophene rings is 1. The molecule has 17 heavy (non-hydrogen) atoms. The molecular weight excluding hydrogens is 238 g/mol. The number of carboxylic acids is 1. The van der Waals surface area contributed by atoms with Crippen molar-refractivity contribution in [2.75, 3.05) is 13.2 Å². The van der Waals surface area contributed by atoms with E-state index in [9.17, 15) is 4.79 Å². The van der Waals surface area contributed by atoms with Crippen LogP contribution in [0.3, 0.4) is 0 Å². The Labute approximate surface area is 105 Å². The summed E-state index contributed by atoms with van der Waals surface area (Å²) in [5.74, 6) is -0.296. The zero-order valence-electron chi connectivity index (χ0n) is 9.81. The molecule has 1 fully saturated rings. The summed E-state index contributed by atoms with van der Waals surface area (Å²) in [5.41, 5.74) is 0.869. The highest BCUT2D eigenvalue weighted by Gasteiger charge is 2.22. The van der Waals surface area contributed by atoms with Crippen LogP contribution in [-0.4, -0.2) is 30.3 Å². The smallest absolute Gasteiger partial charge is 0.346 e. The number of carboxylic acid groups (broad SMARTS) is 1.